The molecule has 0 saturated heterocycles. The third-order valence-corrected chi connectivity index (χ3v) is 2.22. The highest BCUT2D eigenvalue weighted by Gasteiger charge is 2.32. The van der Waals surface area contributed by atoms with Gasteiger partial charge < -0.3 is 15.9 Å². The number of phenols is 1. The lowest BCUT2D eigenvalue weighted by Crippen LogP contribution is -2.41. The predicted octanol–water partition coefficient (Wildman–Crippen LogP) is 0.559. The van der Waals surface area contributed by atoms with Crippen LogP contribution in [-0.2, 0) is 10.3 Å². The number of rotatable bonds is 3. The molecule has 16 heavy (non-hydrogen) atoms. The molecule has 0 aliphatic heterocycles. The molecule has 0 heterocycles. The van der Waals surface area contributed by atoms with E-state index in [4.69, 9.17) is 10.8 Å². The van der Waals surface area contributed by atoms with Crippen LogP contribution in [0.1, 0.15) is 12.5 Å². The molecule has 86 valence electrons. The lowest BCUT2D eigenvalue weighted by molar-refractivity contribution is -0.386. The molecule has 4 N–H and O–H groups in total. The van der Waals surface area contributed by atoms with E-state index in [1.165, 1.54) is 13.0 Å². The SMILES string of the molecule is CC(N)(C(=O)O)c1ccc(O)c([N+](=O)[O-])c1. The van der Waals surface area contributed by atoms with Crippen molar-refractivity contribution in [3.05, 3.63) is 33.9 Å². The summed E-state index contributed by atoms with van der Waals surface area (Å²) in [5.74, 6) is -1.84. The van der Waals surface area contributed by atoms with Crippen molar-refractivity contribution in [2.24, 2.45) is 5.73 Å². The minimum absolute atomic E-state index is 0.0458. The van der Waals surface area contributed by atoms with Crippen LogP contribution in [0.5, 0.6) is 5.75 Å². The zero-order chi connectivity index (χ0) is 12.5. The summed E-state index contributed by atoms with van der Waals surface area (Å²) in [7, 11) is 0. The maximum Gasteiger partial charge on any atom is 0.328 e. The minimum Gasteiger partial charge on any atom is -0.502 e. The largest absolute Gasteiger partial charge is 0.502 e. The van der Waals surface area contributed by atoms with Gasteiger partial charge >= 0.3 is 11.7 Å². The van der Waals surface area contributed by atoms with Crippen molar-refractivity contribution in [1.82, 2.24) is 0 Å². The number of hydrogen-bond acceptors (Lipinski definition) is 5. The van der Waals surface area contributed by atoms with E-state index in [-0.39, 0.29) is 5.56 Å². The second-order valence-corrected chi connectivity index (χ2v) is 3.47. The Morgan fingerprint density at radius 1 is 1.56 bits per heavy atom. The quantitative estimate of drug-likeness (QED) is 0.510. The summed E-state index contributed by atoms with van der Waals surface area (Å²) in [5, 5.41) is 28.5. The zero-order valence-corrected chi connectivity index (χ0v) is 8.38. The summed E-state index contributed by atoms with van der Waals surface area (Å²) in [4.78, 5) is 20.5. The number of benzene rings is 1. The van der Waals surface area contributed by atoms with Crippen molar-refractivity contribution < 1.29 is 19.9 Å². The van der Waals surface area contributed by atoms with E-state index in [2.05, 4.69) is 0 Å². The summed E-state index contributed by atoms with van der Waals surface area (Å²) in [6.45, 7) is 1.21. The second kappa shape index (κ2) is 3.78. The van der Waals surface area contributed by atoms with Gasteiger partial charge in [0, 0.05) is 6.07 Å². The van der Waals surface area contributed by atoms with E-state index >= 15 is 0 Å². The summed E-state index contributed by atoms with van der Waals surface area (Å²) in [5.41, 5.74) is 3.23. The Balaban J connectivity index is 3.33. The molecule has 0 spiro atoms. The Labute approximate surface area is 90.3 Å². The summed E-state index contributed by atoms with van der Waals surface area (Å²) in [6, 6.07) is 3.22. The average Bonchev–Trinajstić information content (AvgIpc) is 2.17. The first-order valence-electron chi connectivity index (χ1n) is 4.27. The Kier molecular flexibility index (Phi) is 2.82. The molecule has 1 aromatic rings. The maximum absolute atomic E-state index is 10.8. The Hall–Kier alpha value is -2.15. The highest BCUT2D eigenvalue weighted by atomic mass is 16.6. The van der Waals surface area contributed by atoms with E-state index in [0.29, 0.717) is 0 Å². The van der Waals surface area contributed by atoms with Crippen LogP contribution in [0.3, 0.4) is 0 Å². The number of aromatic hydroxyl groups is 1. The number of carbonyl (C=O) groups is 1. The number of nitrogens with two attached hydrogens (primary N) is 1. The first kappa shape index (κ1) is 11.9. The molecule has 0 amide bonds. The summed E-state index contributed by atoms with van der Waals surface area (Å²) in [6.07, 6.45) is 0. The van der Waals surface area contributed by atoms with Gasteiger partial charge in [-0.3, -0.25) is 10.1 Å². The molecule has 0 fully saturated rings. The fourth-order valence-corrected chi connectivity index (χ4v) is 1.12. The van der Waals surface area contributed by atoms with Gasteiger partial charge in [-0.1, -0.05) is 6.07 Å². The number of nitrogens with zero attached hydrogens (tertiary/aromatic N) is 1. The Morgan fingerprint density at radius 2 is 2.12 bits per heavy atom. The van der Waals surface area contributed by atoms with Gasteiger partial charge in [-0.25, -0.2) is 4.79 Å². The first-order chi connectivity index (χ1) is 7.26. The van der Waals surface area contributed by atoms with Crippen LogP contribution >= 0.6 is 0 Å². The fourth-order valence-electron chi connectivity index (χ4n) is 1.12. The van der Waals surface area contributed by atoms with E-state index in [0.717, 1.165) is 12.1 Å². The molecule has 0 aliphatic rings. The fraction of sp³-hybridized carbons (Fsp3) is 0.222. The Morgan fingerprint density at radius 3 is 2.56 bits per heavy atom. The molecule has 7 heteroatoms. The highest BCUT2D eigenvalue weighted by Crippen LogP contribution is 2.30. The van der Waals surface area contributed by atoms with Gasteiger partial charge in [-0.05, 0) is 18.6 Å². The van der Waals surface area contributed by atoms with Gasteiger partial charge in [0.05, 0.1) is 4.92 Å². The zero-order valence-electron chi connectivity index (χ0n) is 8.38. The van der Waals surface area contributed by atoms with Gasteiger partial charge in [0.1, 0.15) is 5.54 Å². The molecule has 7 nitrogen and oxygen atoms in total. The van der Waals surface area contributed by atoms with E-state index in [1.54, 1.807) is 0 Å². The molecule has 0 bridgehead atoms. The monoisotopic (exact) mass is 226 g/mol. The topological polar surface area (TPSA) is 127 Å². The normalized spacial score (nSPS) is 14.1. The van der Waals surface area contributed by atoms with Crippen LogP contribution in [0.2, 0.25) is 0 Å². The number of carboxylic acid groups (broad SMARTS) is 1. The lowest BCUT2D eigenvalue weighted by Gasteiger charge is -2.19. The van der Waals surface area contributed by atoms with Crippen LogP contribution in [0.4, 0.5) is 5.69 Å². The van der Waals surface area contributed by atoms with Crippen molar-refractivity contribution in [3.63, 3.8) is 0 Å². The van der Waals surface area contributed by atoms with E-state index < -0.39 is 27.9 Å². The van der Waals surface area contributed by atoms with Gasteiger partial charge in [0.15, 0.2) is 5.75 Å². The lowest BCUT2D eigenvalue weighted by atomic mass is 9.93. The van der Waals surface area contributed by atoms with Gasteiger partial charge in [0.25, 0.3) is 0 Å². The van der Waals surface area contributed by atoms with Crippen molar-refractivity contribution >= 4 is 11.7 Å². The maximum atomic E-state index is 10.8. The van der Waals surface area contributed by atoms with Crippen LogP contribution in [0.25, 0.3) is 0 Å². The highest BCUT2D eigenvalue weighted by molar-refractivity contribution is 5.80. The molecule has 0 aliphatic carbocycles. The molecule has 0 saturated carbocycles. The standard InChI is InChI=1S/C9H10N2O5/c1-9(10,8(13)14)5-2-3-7(12)6(4-5)11(15)16/h2-4,12H,10H2,1H3,(H,13,14). The summed E-state index contributed by atoms with van der Waals surface area (Å²) >= 11 is 0. The molecule has 0 radical (unpaired) electrons. The van der Waals surface area contributed by atoms with Gasteiger partial charge in [0.2, 0.25) is 0 Å². The van der Waals surface area contributed by atoms with E-state index in [9.17, 15) is 20.0 Å². The number of hydrogen-bond donors (Lipinski definition) is 3. The predicted molar refractivity (Wildman–Crippen MR) is 53.9 cm³/mol. The number of carboxylic acids is 1. The number of phenolic OH excluding ortho intramolecular Hbond substituents is 1. The van der Waals surface area contributed by atoms with Crippen LogP contribution < -0.4 is 5.73 Å². The molecule has 1 unspecified atom stereocenters. The van der Waals surface area contributed by atoms with Crippen LogP contribution in [-0.4, -0.2) is 21.1 Å². The van der Waals surface area contributed by atoms with Crippen molar-refractivity contribution in [1.29, 1.82) is 0 Å². The third-order valence-electron chi connectivity index (χ3n) is 2.22. The number of nitro benzene ring substituents is 1. The van der Waals surface area contributed by atoms with Crippen LogP contribution in [0.15, 0.2) is 18.2 Å². The van der Waals surface area contributed by atoms with Crippen molar-refractivity contribution in [2.45, 2.75) is 12.5 Å². The number of aliphatic carboxylic acids is 1. The smallest absolute Gasteiger partial charge is 0.328 e. The first-order valence-corrected chi connectivity index (χ1v) is 4.27. The Bertz CT molecular complexity index is 455. The van der Waals surface area contributed by atoms with Crippen molar-refractivity contribution in [2.75, 3.05) is 0 Å². The molecular formula is C9H10N2O5. The second-order valence-electron chi connectivity index (χ2n) is 3.47. The number of nitro groups is 1. The van der Waals surface area contributed by atoms with Gasteiger partial charge in [-0.15, -0.1) is 0 Å². The van der Waals surface area contributed by atoms with Gasteiger partial charge in [-0.2, -0.15) is 0 Å². The minimum atomic E-state index is -1.74. The van der Waals surface area contributed by atoms with Crippen molar-refractivity contribution in [3.8, 4) is 5.75 Å². The molecule has 1 aromatic carbocycles. The summed E-state index contributed by atoms with van der Waals surface area (Å²) < 4.78 is 0. The third kappa shape index (κ3) is 1.94. The average molecular weight is 226 g/mol. The molecule has 0 aromatic heterocycles. The molecule has 1 atom stereocenters. The molecular weight excluding hydrogens is 216 g/mol. The van der Waals surface area contributed by atoms with E-state index in [1.807, 2.05) is 0 Å². The molecule has 1 rings (SSSR count). The van der Waals surface area contributed by atoms with Crippen LogP contribution in [0, 0.1) is 10.1 Å².